The molecule has 0 spiro atoms. The van der Waals surface area contributed by atoms with Crippen LogP contribution in [0.25, 0.3) is 0 Å². The van der Waals surface area contributed by atoms with Gasteiger partial charge < -0.3 is 13.3 Å². The molecule has 0 amide bonds. The molecule has 0 fully saturated rings. The van der Waals surface area contributed by atoms with Crippen LogP contribution in [0.4, 0.5) is 0 Å². The van der Waals surface area contributed by atoms with E-state index in [0.29, 0.717) is 0 Å². The molecule has 0 rings (SSSR count). The number of hydrogen-bond acceptors (Lipinski definition) is 3. The third-order valence-electron chi connectivity index (χ3n) is 1.41. The zero-order valence-electron chi connectivity index (χ0n) is 12.0. The fourth-order valence-corrected chi connectivity index (χ4v) is 2.86. The quantitative estimate of drug-likeness (QED) is 0.670. The smallest absolute Gasteiger partial charge is 0.429 e. The summed E-state index contributed by atoms with van der Waals surface area (Å²) in [4.78, 5) is 0. The summed E-state index contributed by atoms with van der Waals surface area (Å²) in [5.41, 5.74) is 0. The molecule has 0 heterocycles. The molecule has 0 N–H and O–H groups in total. The fraction of sp³-hybridized carbons (Fsp3) is 1.00. The predicted octanol–water partition coefficient (Wildman–Crippen LogP) is 2.98. The van der Waals surface area contributed by atoms with Crippen molar-refractivity contribution in [2.45, 2.75) is 52.4 Å². The third-order valence-corrected chi connectivity index (χ3v) is 3.95. The van der Waals surface area contributed by atoms with E-state index in [2.05, 4.69) is 52.4 Å². The number of rotatable bonds is 7. The molecule has 0 aliphatic heterocycles. The largest absolute Gasteiger partial charge is 0.617 e. The minimum absolute atomic E-state index is 0.391. The first-order chi connectivity index (χ1) is 6.99. The second-order valence-electron chi connectivity index (χ2n) is 6.27. The Hall–Kier alpha value is 0.596. The van der Waals surface area contributed by atoms with Gasteiger partial charge in [-0.05, 0) is 39.3 Å². The van der Waals surface area contributed by atoms with Crippen molar-refractivity contribution in [3.8, 4) is 0 Å². The van der Waals surface area contributed by atoms with Crippen LogP contribution in [0.15, 0.2) is 0 Å². The lowest BCUT2D eigenvalue weighted by Crippen LogP contribution is -2.45. The van der Waals surface area contributed by atoms with Gasteiger partial charge in [0.05, 0.1) is 8.80 Å². The number of hydrogen-bond donors (Lipinski definition) is 0. The summed E-state index contributed by atoms with van der Waals surface area (Å²) in [6.07, 6.45) is 0.782. The predicted molar refractivity (Wildman–Crippen MR) is 78.1 cm³/mol. The van der Waals surface area contributed by atoms with Crippen molar-refractivity contribution < 1.29 is 13.3 Å². The van der Waals surface area contributed by atoms with Crippen LogP contribution in [0.2, 0.25) is 52.4 Å². The first-order valence-corrected chi connectivity index (χ1v) is 15.3. The first kappa shape index (κ1) is 16.6. The molecule has 0 unspecified atom stereocenters. The van der Waals surface area contributed by atoms with Crippen LogP contribution in [-0.4, -0.2) is 39.0 Å². The second-order valence-corrected chi connectivity index (χ2v) is 17.9. The normalized spacial score (nSPS) is 13.3. The summed E-state index contributed by atoms with van der Waals surface area (Å²) in [6.45, 7) is 17.4. The molecule has 7 heteroatoms. The summed E-state index contributed by atoms with van der Waals surface area (Å²) in [5.74, 6) is 0. The van der Waals surface area contributed by atoms with Gasteiger partial charge in [0.15, 0.2) is 16.6 Å². The average Bonchev–Trinajstić information content (AvgIpc) is 1.93. The Bertz CT molecular complexity index is 185. The first-order valence-electron chi connectivity index (χ1n) is 5.76. The maximum atomic E-state index is 5.91. The Labute approximate surface area is 105 Å². The Morgan fingerprint density at radius 1 is 0.875 bits per heavy atom. The lowest BCUT2D eigenvalue weighted by molar-refractivity contribution is 0.227. The van der Waals surface area contributed by atoms with Gasteiger partial charge in [-0.15, -0.1) is 0 Å². The summed E-state index contributed by atoms with van der Waals surface area (Å²) < 4.78 is 17.5. The van der Waals surface area contributed by atoms with Crippen molar-refractivity contribution in [2.24, 2.45) is 0 Å². The maximum absolute atomic E-state index is 5.91. The van der Waals surface area contributed by atoms with Gasteiger partial charge in [0.1, 0.15) is 0 Å². The van der Waals surface area contributed by atoms with E-state index < -0.39 is 32.8 Å². The van der Waals surface area contributed by atoms with E-state index in [1.54, 1.807) is 0 Å². The van der Waals surface area contributed by atoms with Crippen LogP contribution in [0.1, 0.15) is 0 Å². The highest BCUT2D eigenvalue weighted by molar-refractivity contribution is 6.79. The van der Waals surface area contributed by atoms with E-state index in [9.17, 15) is 0 Å². The molecule has 3 nitrogen and oxygen atoms in total. The Morgan fingerprint density at radius 2 is 1.25 bits per heavy atom. The molecular weight excluding hydrogens is 251 g/mol. The Kier molecular flexibility index (Phi) is 6.75. The molecule has 0 aliphatic rings. The van der Waals surface area contributed by atoms with Crippen molar-refractivity contribution >= 4 is 32.8 Å². The lowest BCUT2D eigenvalue weighted by Gasteiger charge is -2.28. The summed E-state index contributed by atoms with van der Waals surface area (Å²) in [5, 5.41) is 0. The molecule has 0 aliphatic carbocycles. The summed E-state index contributed by atoms with van der Waals surface area (Å²) in [7, 11) is -4.05. The zero-order chi connectivity index (χ0) is 13.0. The van der Waals surface area contributed by atoms with E-state index in [1.807, 2.05) is 0 Å². The van der Waals surface area contributed by atoms with E-state index >= 15 is 0 Å². The minimum Gasteiger partial charge on any atom is -0.429 e. The van der Waals surface area contributed by atoms with Crippen molar-refractivity contribution in [3.63, 3.8) is 0 Å². The molecular formula is C9H26BO3Si3. The van der Waals surface area contributed by atoms with E-state index in [-0.39, 0.29) is 0 Å². The van der Waals surface area contributed by atoms with Crippen LogP contribution in [0.5, 0.6) is 0 Å². The van der Waals surface area contributed by atoms with E-state index in [0.717, 1.165) is 6.23 Å². The van der Waals surface area contributed by atoms with Crippen LogP contribution in [-0.2, 0) is 13.3 Å². The van der Waals surface area contributed by atoms with Gasteiger partial charge >= 0.3 is 7.32 Å². The highest BCUT2D eigenvalue weighted by Gasteiger charge is 2.33. The fourth-order valence-electron chi connectivity index (χ4n) is 0.904. The summed E-state index contributed by atoms with van der Waals surface area (Å²) in [6, 6.07) is 0. The van der Waals surface area contributed by atoms with Crippen molar-refractivity contribution in [3.05, 3.63) is 0 Å². The van der Waals surface area contributed by atoms with Gasteiger partial charge in [-0.1, -0.05) is 13.1 Å². The molecule has 0 aromatic rings. The van der Waals surface area contributed by atoms with Crippen LogP contribution in [0, 0.1) is 0 Å². The minimum atomic E-state index is -1.61. The Balaban J connectivity index is 4.28. The molecule has 0 saturated heterocycles. The van der Waals surface area contributed by atoms with Gasteiger partial charge in [-0.2, -0.15) is 0 Å². The monoisotopic (exact) mass is 277 g/mol. The molecule has 0 aromatic carbocycles. The molecule has 0 saturated carbocycles. The van der Waals surface area contributed by atoms with Gasteiger partial charge in [0.25, 0.3) is 0 Å². The SMILES string of the molecule is C[Si](C)COB(O[Si](C)(C)C)O[Si](C)(C)C. The Morgan fingerprint density at radius 3 is 1.50 bits per heavy atom. The molecule has 0 atom stereocenters. The zero-order valence-corrected chi connectivity index (χ0v) is 15.0. The van der Waals surface area contributed by atoms with E-state index in [1.165, 1.54) is 0 Å². The van der Waals surface area contributed by atoms with Crippen molar-refractivity contribution in [1.82, 2.24) is 0 Å². The molecule has 95 valence electrons. The standard InChI is InChI=1S/C9H26BO3Si3/c1-14(2)9-11-10(12-15(3,4)5)13-16(6,7)8/h9H2,1-8H3. The highest BCUT2D eigenvalue weighted by atomic mass is 28.4. The summed E-state index contributed by atoms with van der Waals surface area (Å²) >= 11 is 0. The molecule has 1 radical (unpaired) electrons. The second kappa shape index (κ2) is 6.51. The lowest BCUT2D eigenvalue weighted by atomic mass is 10.3. The molecule has 0 aromatic heterocycles. The van der Waals surface area contributed by atoms with Crippen molar-refractivity contribution in [2.75, 3.05) is 6.23 Å². The van der Waals surface area contributed by atoms with Crippen LogP contribution < -0.4 is 0 Å². The van der Waals surface area contributed by atoms with E-state index in [4.69, 9.17) is 13.3 Å². The maximum Gasteiger partial charge on any atom is 0.617 e. The van der Waals surface area contributed by atoms with Crippen LogP contribution >= 0.6 is 0 Å². The average molecular weight is 277 g/mol. The van der Waals surface area contributed by atoms with Crippen LogP contribution in [0.3, 0.4) is 0 Å². The van der Waals surface area contributed by atoms with Crippen molar-refractivity contribution in [1.29, 1.82) is 0 Å². The molecule has 16 heavy (non-hydrogen) atoms. The van der Waals surface area contributed by atoms with Gasteiger partial charge in [0.2, 0.25) is 0 Å². The van der Waals surface area contributed by atoms with Gasteiger partial charge in [-0.3, -0.25) is 0 Å². The topological polar surface area (TPSA) is 27.7 Å². The van der Waals surface area contributed by atoms with Gasteiger partial charge in [0, 0.05) is 6.23 Å². The third kappa shape index (κ3) is 11.1. The molecule has 0 bridgehead atoms. The highest BCUT2D eigenvalue weighted by Crippen LogP contribution is 2.12. The van der Waals surface area contributed by atoms with Gasteiger partial charge in [-0.25, -0.2) is 0 Å².